The van der Waals surface area contributed by atoms with Crippen molar-refractivity contribution in [1.82, 2.24) is 0 Å². The molecule has 76 valence electrons. The van der Waals surface area contributed by atoms with Gasteiger partial charge in [-0.25, -0.2) is 0 Å². The summed E-state index contributed by atoms with van der Waals surface area (Å²) >= 11 is 0. The predicted octanol–water partition coefficient (Wildman–Crippen LogP) is 1.74. The molecular formula is C13H23Li. The van der Waals surface area contributed by atoms with Gasteiger partial charge < -0.3 is 1.43 Å². The van der Waals surface area contributed by atoms with Crippen molar-refractivity contribution in [3.05, 3.63) is 23.8 Å². The van der Waals surface area contributed by atoms with Gasteiger partial charge in [0.05, 0.1) is 0 Å². The Morgan fingerprint density at radius 3 is 2.50 bits per heavy atom. The molecule has 0 aromatic carbocycles. The fourth-order valence-electron chi connectivity index (χ4n) is 1.81. The van der Waals surface area contributed by atoms with E-state index in [0.29, 0.717) is 0 Å². The smallest absolute Gasteiger partial charge is 1.00 e. The van der Waals surface area contributed by atoms with Crippen LogP contribution in [0.3, 0.4) is 0 Å². The summed E-state index contributed by atoms with van der Waals surface area (Å²) in [6.07, 6.45) is 17.8. The van der Waals surface area contributed by atoms with Crippen LogP contribution < -0.4 is 18.9 Å². The molecule has 0 nitrogen and oxygen atoms in total. The average molecular weight is 186 g/mol. The molecule has 0 saturated heterocycles. The van der Waals surface area contributed by atoms with Crippen LogP contribution in [0.2, 0.25) is 0 Å². The van der Waals surface area contributed by atoms with Crippen LogP contribution in [0.5, 0.6) is 0 Å². The zero-order valence-corrected chi connectivity index (χ0v) is 9.89. The summed E-state index contributed by atoms with van der Waals surface area (Å²) in [5, 5.41) is 0. The van der Waals surface area contributed by atoms with Crippen molar-refractivity contribution in [2.24, 2.45) is 0 Å². The maximum absolute atomic E-state index is 2.28. The van der Waals surface area contributed by atoms with E-state index >= 15 is 0 Å². The minimum atomic E-state index is 0. The predicted molar refractivity (Wildman–Crippen MR) is 60.9 cm³/mol. The second-order valence-corrected chi connectivity index (χ2v) is 3.97. The summed E-state index contributed by atoms with van der Waals surface area (Å²) < 4.78 is 0. The fourth-order valence-corrected chi connectivity index (χ4v) is 1.81. The van der Waals surface area contributed by atoms with Crippen molar-refractivity contribution in [3.63, 3.8) is 0 Å². The third kappa shape index (κ3) is 6.52. The van der Waals surface area contributed by atoms with E-state index in [-0.39, 0.29) is 20.3 Å². The third-order valence-corrected chi connectivity index (χ3v) is 2.70. The molecule has 0 aromatic rings. The molecule has 0 N–H and O–H groups in total. The van der Waals surface area contributed by atoms with E-state index in [0.717, 1.165) is 0 Å². The summed E-state index contributed by atoms with van der Waals surface area (Å²) in [4.78, 5) is 0. The Labute approximate surface area is 103 Å². The second-order valence-electron chi connectivity index (χ2n) is 3.97. The van der Waals surface area contributed by atoms with Crippen molar-refractivity contribution in [3.8, 4) is 0 Å². The fraction of sp³-hybridized carbons (Fsp3) is 0.692. The Morgan fingerprint density at radius 2 is 1.86 bits per heavy atom. The van der Waals surface area contributed by atoms with E-state index in [9.17, 15) is 0 Å². The van der Waals surface area contributed by atoms with Gasteiger partial charge in [0.25, 0.3) is 0 Å². The molecule has 0 bridgehead atoms. The molecule has 0 saturated carbocycles. The van der Waals surface area contributed by atoms with Crippen molar-refractivity contribution in [2.75, 3.05) is 0 Å². The number of rotatable bonds is 7. The number of hydrogen-bond donors (Lipinski definition) is 0. The minimum Gasteiger partial charge on any atom is -1.00 e. The van der Waals surface area contributed by atoms with E-state index < -0.39 is 0 Å². The van der Waals surface area contributed by atoms with Crippen molar-refractivity contribution >= 4 is 0 Å². The van der Waals surface area contributed by atoms with Crippen molar-refractivity contribution in [1.29, 1.82) is 0 Å². The van der Waals surface area contributed by atoms with Gasteiger partial charge >= 0.3 is 18.9 Å². The van der Waals surface area contributed by atoms with E-state index in [2.05, 4.69) is 25.2 Å². The van der Waals surface area contributed by atoms with Crippen LogP contribution in [-0.2, 0) is 0 Å². The van der Waals surface area contributed by atoms with Gasteiger partial charge in [-0.2, -0.15) is 0 Å². The third-order valence-electron chi connectivity index (χ3n) is 2.70. The molecule has 0 unspecified atom stereocenters. The zero-order chi connectivity index (χ0) is 9.36. The Kier molecular flexibility index (Phi) is 9.68. The minimum absolute atomic E-state index is 0. The van der Waals surface area contributed by atoms with Gasteiger partial charge in [-0.15, -0.1) is 0 Å². The van der Waals surface area contributed by atoms with Crippen molar-refractivity contribution < 1.29 is 20.3 Å². The molecule has 0 spiro atoms. The Bertz CT molecular complexity index is 185. The molecule has 0 amide bonds. The monoisotopic (exact) mass is 186 g/mol. The van der Waals surface area contributed by atoms with Gasteiger partial charge in [0.2, 0.25) is 0 Å². The van der Waals surface area contributed by atoms with Crippen LogP contribution in [0.25, 0.3) is 0 Å². The topological polar surface area (TPSA) is 0 Å². The van der Waals surface area contributed by atoms with Gasteiger partial charge in [0.1, 0.15) is 0 Å². The molecule has 0 heterocycles. The molecule has 0 atom stereocenters. The van der Waals surface area contributed by atoms with E-state index in [1.54, 1.807) is 5.57 Å². The molecule has 0 fully saturated rings. The number of hydrogen-bond acceptors (Lipinski definition) is 0. The van der Waals surface area contributed by atoms with Crippen LogP contribution in [0.4, 0.5) is 0 Å². The number of unbranched alkanes of at least 4 members (excludes halogenated alkanes) is 5. The molecule has 1 rings (SSSR count). The first-order valence-electron chi connectivity index (χ1n) is 5.78. The number of allylic oxidation sites excluding steroid dienone is 4. The van der Waals surface area contributed by atoms with E-state index in [1.807, 2.05) is 0 Å². The van der Waals surface area contributed by atoms with Crippen molar-refractivity contribution in [2.45, 2.75) is 58.3 Å². The molecular weight excluding hydrogens is 163 g/mol. The largest absolute Gasteiger partial charge is 1.00 e. The van der Waals surface area contributed by atoms with Gasteiger partial charge in [-0.1, -0.05) is 62.8 Å². The van der Waals surface area contributed by atoms with Gasteiger partial charge in [-0.3, -0.25) is 0 Å². The Balaban J connectivity index is 0. The SMILES string of the molecule is CCCCCCCCC1=CC=CC1.[H-].[Li+]. The second kappa shape index (κ2) is 9.63. The molecule has 1 heteroatoms. The van der Waals surface area contributed by atoms with Crippen LogP contribution >= 0.6 is 0 Å². The molecule has 1 aliphatic carbocycles. The molecule has 14 heavy (non-hydrogen) atoms. The maximum atomic E-state index is 2.28. The maximum Gasteiger partial charge on any atom is 1.00 e. The van der Waals surface area contributed by atoms with Gasteiger partial charge in [0, 0.05) is 0 Å². The first kappa shape index (κ1) is 14.1. The van der Waals surface area contributed by atoms with Gasteiger partial charge in [-0.05, 0) is 19.3 Å². The van der Waals surface area contributed by atoms with Gasteiger partial charge in [0.15, 0.2) is 0 Å². The van der Waals surface area contributed by atoms with E-state index in [4.69, 9.17) is 0 Å². The van der Waals surface area contributed by atoms with Crippen LogP contribution in [0.1, 0.15) is 59.7 Å². The summed E-state index contributed by atoms with van der Waals surface area (Å²) in [5.74, 6) is 0. The van der Waals surface area contributed by atoms with Crippen LogP contribution in [0.15, 0.2) is 23.8 Å². The molecule has 0 radical (unpaired) electrons. The summed E-state index contributed by atoms with van der Waals surface area (Å²) in [6, 6.07) is 0. The quantitative estimate of drug-likeness (QED) is 0.419. The Morgan fingerprint density at radius 1 is 1.14 bits per heavy atom. The normalized spacial score (nSPS) is 13.9. The Hall–Kier alpha value is 0.0774. The average Bonchev–Trinajstić information content (AvgIpc) is 2.63. The van der Waals surface area contributed by atoms with E-state index in [1.165, 1.54) is 51.4 Å². The van der Waals surface area contributed by atoms with Crippen LogP contribution in [-0.4, -0.2) is 0 Å². The van der Waals surface area contributed by atoms with Crippen LogP contribution in [0, 0.1) is 0 Å². The zero-order valence-electron chi connectivity index (χ0n) is 10.9. The molecule has 1 aliphatic rings. The summed E-state index contributed by atoms with van der Waals surface area (Å²) in [7, 11) is 0. The first-order chi connectivity index (χ1) is 6.43. The molecule has 0 aliphatic heterocycles. The standard InChI is InChI=1S/C13H22.Li.H/c1-2-3-4-5-6-7-10-13-11-8-9-12-13;;/h8-9,11H,2-7,10,12H2,1H3;;/q;+1;-1. The first-order valence-corrected chi connectivity index (χ1v) is 5.78. The summed E-state index contributed by atoms with van der Waals surface area (Å²) in [5.41, 5.74) is 1.63. The summed E-state index contributed by atoms with van der Waals surface area (Å²) in [6.45, 7) is 2.27. The molecule has 0 aromatic heterocycles.